The third-order valence-corrected chi connectivity index (χ3v) is 6.03. The summed E-state index contributed by atoms with van der Waals surface area (Å²) in [5.41, 5.74) is -0.000328. The number of hydrogen-bond acceptors (Lipinski definition) is 4. The Hall–Kier alpha value is -2.58. The zero-order chi connectivity index (χ0) is 21.8. The second-order valence-corrected chi connectivity index (χ2v) is 8.64. The van der Waals surface area contributed by atoms with Crippen LogP contribution in [0.25, 0.3) is 0 Å². The topological polar surface area (TPSA) is 49.6 Å². The minimum Gasteiger partial charge on any atom is -0.436 e. The Labute approximate surface area is 171 Å². The lowest BCUT2D eigenvalue weighted by Gasteiger charge is -2.41. The Bertz CT molecular complexity index is 952. The first kappa shape index (κ1) is 20.7. The molecular formula is C21H23F4N3O2. The maximum atomic E-state index is 13.4. The van der Waals surface area contributed by atoms with E-state index in [1.807, 2.05) is 0 Å². The van der Waals surface area contributed by atoms with Crippen molar-refractivity contribution in [1.82, 2.24) is 9.88 Å². The van der Waals surface area contributed by atoms with E-state index in [1.54, 1.807) is 12.1 Å². The average Bonchev–Trinajstić information content (AvgIpc) is 3.17. The van der Waals surface area contributed by atoms with Crippen molar-refractivity contribution in [3.05, 3.63) is 47.4 Å². The number of rotatable bonds is 2. The molecule has 5 nitrogen and oxygen atoms in total. The van der Waals surface area contributed by atoms with E-state index in [1.165, 1.54) is 24.0 Å². The third kappa shape index (κ3) is 3.54. The maximum absolute atomic E-state index is 13.4. The highest BCUT2D eigenvalue weighted by Crippen LogP contribution is 2.45. The van der Waals surface area contributed by atoms with Crippen molar-refractivity contribution >= 4 is 11.6 Å². The molecule has 0 unspecified atom stereocenters. The fourth-order valence-electron chi connectivity index (χ4n) is 4.99. The molecule has 0 N–H and O–H groups in total. The van der Waals surface area contributed by atoms with Crippen LogP contribution in [0.3, 0.4) is 0 Å². The van der Waals surface area contributed by atoms with Crippen molar-refractivity contribution in [2.24, 2.45) is 5.92 Å². The number of amides is 1. The van der Waals surface area contributed by atoms with E-state index in [0.717, 1.165) is 12.1 Å². The molecule has 2 fully saturated rings. The minimum absolute atomic E-state index is 0.0880. The molecule has 9 heteroatoms. The summed E-state index contributed by atoms with van der Waals surface area (Å²) in [6, 6.07) is 6.44. The van der Waals surface area contributed by atoms with Crippen LogP contribution in [0, 0.1) is 18.7 Å². The van der Waals surface area contributed by atoms with Crippen LogP contribution in [-0.4, -0.2) is 40.5 Å². The van der Waals surface area contributed by atoms with Gasteiger partial charge in [-0.15, -0.1) is 0 Å². The molecule has 0 bridgehead atoms. The first-order valence-corrected chi connectivity index (χ1v) is 9.86. The number of anilines is 1. The minimum atomic E-state index is -4.78. The fraction of sp³-hybridized carbons (Fsp3) is 0.524. The summed E-state index contributed by atoms with van der Waals surface area (Å²) in [4.78, 5) is 20.3. The first-order valence-electron chi connectivity index (χ1n) is 9.86. The predicted molar refractivity (Wildman–Crippen MR) is 102 cm³/mol. The van der Waals surface area contributed by atoms with Gasteiger partial charge in [-0.25, -0.2) is 9.37 Å². The van der Waals surface area contributed by atoms with Gasteiger partial charge in [-0.1, -0.05) is 0 Å². The van der Waals surface area contributed by atoms with Crippen LogP contribution >= 0.6 is 0 Å². The lowest BCUT2D eigenvalue weighted by Crippen LogP contribution is -2.50. The van der Waals surface area contributed by atoms with Crippen molar-refractivity contribution in [1.29, 1.82) is 0 Å². The van der Waals surface area contributed by atoms with Crippen LogP contribution in [0.5, 0.6) is 0 Å². The zero-order valence-corrected chi connectivity index (χ0v) is 17.0. The van der Waals surface area contributed by atoms with Crippen molar-refractivity contribution < 1.29 is 26.8 Å². The summed E-state index contributed by atoms with van der Waals surface area (Å²) in [6.45, 7) is 6.12. The lowest BCUT2D eigenvalue weighted by molar-refractivity contribution is -0.153. The molecule has 162 valence electrons. The Morgan fingerprint density at radius 2 is 1.90 bits per heavy atom. The number of carbonyl (C=O) groups excluding carboxylic acids is 1. The highest BCUT2D eigenvalue weighted by atomic mass is 19.4. The Morgan fingerprint density at radius 3 is 2.53 bits per heavy atom. The molecule has 2 aliphatic rings. The normalized spacial score (nSPS) is 23.6. The van der Waals surface area contributed by atoms with E-state index >= 15 is 0 Å². The number of hydrogen-bond donors (Lipinski definition) is 0. The number of aryl methyl sites for hydroxylation is 1. The van der Waals surface area contributed by atoms with Crippen molar-refractivity contribution in [2.45, 2.75) is 51.4 Å². The molecule has 0 saturated carbocycles. The van der Waals surface area contributed by atoms with Gasteiger partial charge < -0.3 is 14.2 Å². The summed E-state index contributed by atoms with van der Waals surface area (Å²) < 4.78 is 57.7. The van der Waals surface area contributed by atoms with Gasteiger partial charge in [0.25, 0.3) is 5.91 Å². The van der Waals surface area contributed by atoms with Gasteiger partial charge >= 0.3 is 6.18 Å². The largest absolute Gasteiger partial charge is 0.452 e. The number of likely N-dealkylation sites (tertiary alicyclic amines) is 1. The Morgan fingerprint density at radius 1 is 1.23 bits per heavy atom. The monoisotopic (exact) mass is 425 g/mol. The van der Waals surface area contributed by atoms with Crippen LogP contribution in [0.4, 0.5) is 23.2 Å². The molecule has 0 aliphatic carbocycles. The first-order chi connectivity index (χ1) is 14.0. The van der Waals surface area contributed by atoms with E-state index in [0.29, 0.717) is 19.5 Å². The maximum Gasteiger partial charge on any atom is 0.452 e. The smallest absolute Gasteiger partial charge is 0.436 e. The average molecular weight is 425 g/mol. The standard InChI is InChI=1S/C21H23F4N3O2/c1-12-26-17(18(30-12)21(23,24)25)19(29)27-9-8-16-13(11-27)10-20(2,3)28(16)15-6-4-14(22)5-7-15/h4-7,13,16H,8-11H2,1-3H3/t13-,16+/m1/s1. The quantitative estimate of drug-likeness (QED) is 0.657. The van der Waals surface area contributed by atoms with Crippen LogP contribution in [-0.2, 0) is 6.18 Å². The molecule has 30 heavy (non-hydrogen) atoms. The summed E-state index contributed by atoms with van der Waals surface area (Å²) >= 11 is 0. The molecule has 1 aromatic heterocycles. The molecule has 2 aromatic rings. The number of carbonyl (C=O) groups is 1. The van der Waals surface area contributed by atoms with E-state index in [9.17, 15) is 22.4 Å². The number of oxazole rings is 1. The highest BCUT2D eigenvalue weighted by Gasteiger charge is 2.50. The molecule has 1 aromatic carbocycles. The van der Waals surface area contributed by atoms with Crippen LogP contribution in [0.15, 0.2) is 28.7 Å². The van der Waals surface area contributed by atoms with Crippen LogP contribution in [0.1, 0.15) is 48.8 Å². The number of nitrogens with zero attached hydrogens (tertiary/aromatic N) is 3. The van der Waals surface area contributed by atoms with Crippen LogP contribution in [0.2, 0.25) is 0 Å². The molecule has 0 radical (unpaired) electrons. The highest BCUT2D eigenvalue weighted by molar-refractivity contribution is 5.93. The number of aromatic nitrogens is 1. The van der Waals surface area contributed by atoms with Gasteiger partial charge in [-0.05, 0) is 56.9 Å². The van der Waals surface area contributed by atoms with Gasteiger partial charge in [0, 0.05) is 37.3 Å². The second-order valence-electron chi connectivity index (χ2n) is 8.64. The Balaban J connectivity index is 1.57. The molecule has 1 amide bonds. The third-order valence-electron chi connectivity index (χ3n) is 6.03. The van der Waals surface area contributed by atoms with E-state index in [4.69, 9.17) is 0 Å². The van der Waals surface area contributed by atoms with Crippen molar-refractivity contribution in [3.63, 3.8) is 0 Å². The molecule has 2 aliphatic heterocycles. The molecule has 2 saturated heterocycles. The SMILES string of the molecule is Cc1nc(C(=O)N2CC[C@H]3[C@@H](C2)CC(C)(C)N3c2ccc(F)cc2)c(C(F)(F)F)o1. The van der Waals surface area contributed by atoms with E-state index < -0.39 is 23.5 Å². The van der Waals surface area contributed by atoms with Gasteiger partial charge in [0.1, 0.15) is 5.82 Å². The van der Waals surface area contributed by atoms with Gasteiger partial charge in [-0.2, -0.15) is 13.2 Å². The second kappa shape index (κ2) is 6.99. The molecular weight excluding hydrogens is 402 g/mol. The predicted octanol–water partition coefficient (Wildman–Crippen LogP) is 4.66. The van der Waals surface area contributed by atoms with Crippen molar-refractivity contribution in [3.8, 4) is 0 Å². The summed E-state index contributed by atoms with van der Waals surface area (Å²) in [6.07, 6.45) is -3.41. The molecule has 2 atom stereocenters. The summed E-state index contributed by atoms with van der Waals surface area (Å²) in [5, 5.41) is 0. The molecule has 0 spiro atoms. The van der Waals surface area contributed by atoms with Crippen LogP contribution < -0.4 is 4.90 Å². The van der Waals surface area contributed by atoms with E-state index in [-0.39, 0.29) is 29.2 Å². The van der Waals surface area contributed by atoms with E-state index in [2.05, 4.69) is 28.1 Å². The number of halogens is 4. The Kier molecular flexibility index (Phi) is 4.82. The van der Waals surface area contributed by atoms with Gasteiger partial charge in [-0.3, -0.25) is 4.79 Å². The summed E-state index contributed by atoms with van der Waals surface area (Å²) in [7, 11) is 0. The van der Waals surface area contributed by atoms with Gasteiger partial charge in [0.15, 0.2) is 11.6 Å². The fourth-order valence-corrected chi connectivity index (χ4v) is 4.99. The zero-order valence-electron chi connectivity index (χ0n) is 17.0. The van der Waals surface area contributed by atoms with Gasteiger partial charge in [0.05, 0.1) is 0 Å². The van der Waals surface area contributed by atoms with Crippen molar-refractivity contribution in [2.75, 3.05) is 18.0 Å². The van der Waals surface area contributed by atoms with Gasteiger partial charge in [0.2, 0.25) is 5.76 Å². The summed E-state index contributed by atoms with van der Waals surface area (Å²) in [5.74, 6) is -2.51. The number of piperidine rings is 1. The number of benzene rings is 1. The number of fused-ring (bicyclic) bond motifs is 1. The molecule has 3 heterocycles. The lowest BCUT2D eigenvalue weighted by atomic mass is 9.89. The number of alkyl halides is 3. The molecule has 4 rings (SSSR count).